The molecule has 0 aliphatic carbocycles. The van der Waals surface area contributed by atoms with E-state index in [0.717, 1.165) is 11.3 Å². The van der Waals surface area contributed by atoms with Crippen LogP contribution in [0.25, 0.3) is 21.2 Å². The van der Waals surface area contributed by atoms with E-state index in [2.05, 4.69) is 4.98 Å². The van der Waals surface area contributed by atoms with E-state index in [1.807, 2.05) is 0 Å². The van der Waals surface area contributed by atoms with Crippen LogP contribution in [0.3, 0.4) is 0 Å². The highest BCUT2D eigenvalue weighted by Crippen LogP contribution is 2.44. The molecule has 8 heteroatoms. The highest BCUT2D eigenvalue weighted by molar-refractivity contribution is 7.22. The van der Waals surface area contributed by atoms with Gasteiger partial charge in [0.2, 0.25) is 5.76 Å². The first-order valence-electron chi connectivity index (χ1n) is 9.75. The standard InChI is InChI=1S/C24H13FN2O4S/c25-13-8-9-16-18(11-13)32-24(26-16)27-20(12-4-3-5-14(28)10-12)19-21(29)15-6-1-2-7-17(15)31-22(19)23(27)30/h1-11,20,28H/t20-/m1/s1. The molecule has 6 nitrogen and oxygen atoms in total. The number of hydrogen-bond acceptors (Lipinski definition) is 6. The second-order valence-electron chi connectivity index (χ2n) is 7.45. The Bertz CT molecular complexity index is 1620. The summed E-state index contributed by atoms with van der Waals surface area (Å²) >= 11 is 1.14. The summed E-state index contributed by atoms with van der Waals surface area (Å²) in [5, 5.41) is 10.7. The lowest BCUT2D eigenvalue weighted by Crippen LogP contribution is -2.29. The fourth-order valence-electron chi connectivity index (χ4n) is 4.12. The molecule has 0 bridgehead atoms. The van der Waals surface area contributed by atoms with Gasteiger partial charge in [-0.3, -0.25) is 14.5 Å². The molecule has 3 aromatic carbocycles. The lowest BCUT2D eigenvalue weighted by molar-refractivity contribution is 0.0971. The summed E-state index contributed by atoms with van der Waals surface area (Å²) in [5.41, 5.74) is 1.25. The summed E-state index contributed by atoms with van der Waals surface area (Å²) < 4.78 is 20.2. The quantitative estimate of drug-likeness (QED) is 0.414. The predicted molar refractivity (Wildman–Crippen MR) is 119 cm³/mol. The monoisotopic (exact) mass is 444 g/mol. The Balaban J connectivity index is 1.65. The fraction of sp³-hybridized carbons (Fsp3) is 0.0417. The van der Waals surface area contributed by atoms with Gasteiger partial charge in [0.25, 0.3) is 5.91 Å². The number of aromatic nitrogens is 1. The number of nitrogens with zero attached hydrogens (tertiary/aromatic N) is 2. The smallest absolute Gasteiger partial charge is 0.297 e. The van der Waals surface area contributed by atoms with Gasteiger partial charge in [-0.25, -0.2) is 9.37 Å². The van der Waals surface area contributed by atoms with Gasteiger partial charge in [0.1, 0.15) is 17.1 Å². The molecule has 0 saturated heterocycles. The Kier molecular flexibility index (Phi) is 3.93. The molecule has 1 amide bonds. The topological polar surface area (TPSA) is 83.6 Å². The molecule has 0 unspecified atom stereocenters. The molecule has 1 aliphatic heterocycles. The third-order valence-electron chi connectivity index (χ3n) is 5.51. The van der Waals surface area contributed by atoms with Crippen LogP contribution in [0.2, 0.25) is 0 Å². The number of halogens is 1. The minimum atomic E-state index is -0.851. The largest absolute Gasteiger partial charge is 0.508 e. The number of phenolic OH excluding ortho intramolecular Hbond substituents is 1. The molecule has 0 radical (unpaired) electrons. The molecule has 0 fully saturated rings. The summed E-state index contributed by atoms with van der Waals surface area (Å²) in [6.45, 7) is 0. The summed E-state index contributed by atoms with van der Waals surface area (Å²) in [7, 11) is 0. The van der Waals surface area contributed by atoms with Gasteiger partial charge >= 0.3 is 0 Å². The Hall–Kier alpha value is -4.04. The lowest BCUT2D eigenvalue weighted by atomic mass is 9.98. The minimum absolute atomic E-state index is 0.0000955. The second kappa shape index (κ2) is 6.73. The molecule has 3 heterocycles. The number of hydrogen-bond donors (Lipinski definition) is 1. The molecule has 1 aliphatic rings. The van der Waals surface area contributed by atoms with Crippen LogP contribution in [0.4, 0.5) is 9.52 Å². The Morgan fingerprint density at radius 2 is 1.88 bits per heavy atom. The normalized spacial score (nSPS) is 15.6. The van der Waals surface area contributed by atoms with E-state index in [1.54, 1.807) is 42.5 Å². The van der Waals surface area contributed by atoms with Crippen LogP contribution in [0.5, 0.6) is 5.75 Å². The van der Waals surface area contributed by atoms with E-state index < -0.39 is 17.8 Å². The third kappa shape index (κ3) is 2.66. The first-order chi connectivity index (χ1) is 15.5. The highest BCUT2D eigenvalue weighted by atomic mass is 32.1. The van der Waals surface area contributed by atoms with Crippen LogP contribution < -0.4 is 10.3 Å². The summed E-state index contributed by atoms with van der Waals surface area (Å²) in [6, 6.07) is 16.5. The first kappa shape index (κ1) is 18.7. The fourth-order valence-corrected chi connectivity index (χ4v) is 5.13. The van der Waals surface area contributed by atoms with Crippen LogP contribution in [-0.4, -0.2) is 16.0 Å². The zero-order chi connectivity index (χ0) is 22.0. The van der Waals surface area contributed by atoms with Crippen molar-refractivity contribution < 1.29 is 18.7 Å². The Morgan fingerprint density at radius 1 is 1.03 bits per heavy atom. The maximum absolute atomic E-state index is 13.7. The zero-order valence-electron chi connectivity index (χ0n) is 16.3. The summed E-state index contributed by atoms with van der Waals surface area (Å²) in [6.07, 6.45) is 0. The van der Waals surface area contributed by atoms with Crippen LogP contribution in [0.15, 0.2) is 75.9 Å². The van der Waals surface area contributed by atoms with Crippen molar-refractivity contribution in [3.05, 3.63) is 99.7 Å². The third-order valence-corrected chi connectivity index (χ3v) is 6.53. The maximum Gasteiger partial charge on any atom is 0.297 e. The molecule has 156 valence electrons. The van der Waals surface area contributed by atoms with Crippen molar-refractivity contribution in [2.75, 3.05) is 4.90 Å². The number of carbonyl (C=O) groups excluding carboxylic acids is 1. The van der Waals surface area contributed by atoms with Gasteiger partial charge in [-0.15, -0.1) is 0 Å². The molecule has 0 saturated carbocycles. The van der Waals surface area contributed by atoms with Gasteiger partial charge in [-0.2, -0.15) is 0 Å². The van der Waals surface area contributed by atoms with E-state index in [0.29, 0.717) is 31.9 Å². The van der Waals surface area contributed by atoms with E-state index in [-0.39, 0.29) is 22.5 Å². The van der Waals surface area contributed by atoms with E-state index in [4.69, 9.17) is 4.42 Å². The van der Waals surface area contributed by atoms with Crippen molar-refractivity contribution in [2.45, 2.75) is 6.04 Å². The average Bonchev–Trinajstić information content (AvgIpc) is 3.32. The SMILES string of the molecule is O=C1c2oc3ccccc3c(=O)c2[C@@H](c2cccc(O)c2)N1c1nc2ccc(F)cc2s1. The van der Waals surface area contributed by atoms with Crippen molar-refractivity contribution in [1.29, 1.82) is 0 Å². The van der Waals surface area contributed by atoms with Gasteiger partial charge in [0.15, 0.2) is 10.6 Å². The number of amides is 1. The van der Waals surface area contributed by atoms with Gasteiger partial charge in [0.05, 0.1) is 27.2 Å². The van der Waals surface area contributed by atoms with E-state index >= 15 is 0 Å². The molecule has 0 spiro atoms. The van der Waals surface area contributed by atoms with Crippen LogP contribution in [-0.2, 0) is 0 Å². The molecule has 1 atom stereocenters. The zero-order valence-corrected chi connectivity index (χ0v) is 17.1. The molecule has 6 rings (SSSR count). The van der Waals surface area contributed by atoms with Gasteiger partial charge < -0.3 is 9.52 Å². The average molecular weight is 444 g/mol. The summed E-state index contributed by atoms with van der Waals surface area (Å²) in [5.74, 6) is -0.987. The van der Waals surface area contributed by atoms with Crippen molar-refractivity contribution in [2.24, 2.45) is 0 Å². The van der Waals surface area contributed by atoms with Crippen LogP contribution in [0.1, 0.15) is 27.7 Å². The van der Waals surface area contributed by atoms with E-state index in [9.17, 15) is 19.1 Å². The lowest BCUT2D eigenvalue weighted by Gasteiger charge is -2.22. The molecular weight excluding hydrogens is 431 g/mol. The number of fused-ring (bicyclic) bond motifs is 3. The van der Waals surface area contributed by atoms with Gasteiger partial charge in [-0.1, -0.05) is 35.6 Å². The van der Waals surface area contributed by atoms with Crippen molar-refractivity contribution in [3.63, 3.8) is 0 Å². The van der Waals surface area contributed by atoms with Gasteiger partial charge in [-0.05, 0) is 48.0 Å². The number of aromatic hydroxyl groups is 1. The molecule has 32 heavy (non-hydrogen) atoms. The number of para-hydroxylation sites is 1. The van der Waals surface area contributed by atoms with Crippen LogP contribution >= 0.6 is 11.3 Å². The number of rotatable bonds is 2. The van der Waals surface area contributed by atoms with E-state index in [1.165, 1.54) is 29.2 Å². The van der Waals surface area contributed by atoms with Crippen LogP contribution in [0, 0.1) is 5.82 Å². The molecular formula is C24H13FN2O4S. The number of carbonyl (C=O) groups is 1. The first-order valence-corrected chi connectivity index (χ1v) is 10.6. The Labute approximate surface area is 183 Å². The Morgan fingerprint density at radius 3 is 2.72 bits per heavy atom. The number of benzene rings is 3. The maximum atomic E-state index is 13.7. The van der Waals surface area contributed by atoms with Crippen molar-refractivity contribution in [3.8, 4) is 5.75 Å². The number of thiazole rings is 1. The van der Waals surface area contributed by atoms with Crippen molar-refractivity contribution >= 4 is 43.6 Å². The second-order valence-corrected chi connectivity index (χ2v) is 8.46. The number of anilines is 1. The van der Waals surface area contributed by atoms with Crippen molar-refractivity contribution in [1.82, 2.24) is 4.98 Å². The number of phenols is 1. The summed E-state index contributed by atoms with van der Waals surface area (Å²) in [4.78, 5) is 32.9. The molecule has 5 aromatic rings. The molecule has 2 aromatic heterocycles. The predicted octanol–water partition coefficient (Wildman–Crippen LogP) is 5.00. The minimum Gasteiger partial charge on any atom is -0.508 e. The van der Waals surface area contributed by atoms with Gasteiger partial charge in [0, 0.05) is 0 Å². The highest BCUT2D eigenvalue weighted by Gasteiger charge is 2.45. The molecule has 1 N–H and O–H groups in total.